The van der Waals surface area contributed by atoms with E-state index in [0.717, 1.165) is 12.2 Å². The van der Waals surface area contributed by atoms with Crippen LogP contribution in [0, 0.1) is 0 Å². The summed E-state index contributed by atoms with van der Waals surface area (Å²) in [5.41, 5.74) is 0. The first kappa shape index (κ1) is 16.6. The van der Waals surface area contributed by atoms with Crippen molar-refractivity contribution in [3.05, 3.63) is 12.2 Å². The number of sulfonamides is 1. The van der Waals surface area contributed by atoms with Gasteiger partial charge in [-0.15, -0.1) is 0 Å². The van der Waals surface area contributed by atoms with Crippen LogP contribution >= 0.6 is 0 Å². The Bertz CT molecular complexity index is 465. The van der Waals surface area contributed by atoms with Crippen molar-refractivity contribution in [3.8, 4) is 0 Å². The number of rotatable bonds is 6. The Morgan fingerprint density at radius 2 is 1.80 bits per heavy atom. The van der Waals surface area contributed by atoms with Crippen molar-refractivity contribution in [1.82, 2.24) is 4.31 Å². The first-order valence-electron chi connectivity index (χ1n) is 5.94. The summed E-state index contributed by atoms with van der Waals surface area (Å²) in [6, 6.07) is 0. The number of carbonyl (C=O) groups excluding carboxylic acids is 2. The molecule has 0 saturated carbocycles. The topological polar surface area (TPSA) is 99.2 Å². The van der Waals surface area contributed by atoms with Gasteiger partial charge in [0.2, 0.25) is 10.0 Å². The molecule has 0 unspecified atom stereocenters. The van der Waals surface area contributed by atoms with E-state index in [1.807, 2.05) is 0 Å². The van der Waals surface area contributed by atoms with Gasteiger partial charge in [0.1, 0.15) is 6.61 Å². The predicted octanol–water partition coefficient (Wildman–Crippen LogP) is -1.08. The third kappa shape index (κ3) is 5.68. The minimum absolute atomic E-state index is 0.274. The number of hydrogen-bond donors (Lipinski definition) is 0. The van der Waals surface area contributed by atoms with Crippen LogP contribution in [0.5, 0.6) is 0 Å². The lowest BCUT2D eigenvalue weighted by atomic mass is 10.5. The van der Waals surface area contributed by atoms with Crippen LogP contribution < -0.4 is 0 Å². The minimum Gasteiger partial charge on any atom is -0.466 e. The molecule has 0 atom stereocenters. The summed E-state index contributed by atoms with van der Waals surface area (Å²) in [4.78, 5) is 21.9. The van der Waals surface area contributed by atoms with Crippen molar-refractivity contribution < 1.29 is 32.2 Å². The van der Waals surface area contributed by atoms with Gasteiger partial charge in [-0.3, -0.25) is 0 Å². The molecule has 0 radical (unpaired) electrons. The molecule has 1 fully saturated rings. The summed E-state index contributed by atoms with van der Waals surface area (Å²) in [6.07, 6.45) is 1.78. The summed E-state index contributed by atoms with van der Waals surface area (Å²) in [5, 5.41) is 0. The van der Waals surface area contributed by atoms with E-state index in [1.165, 1.54) is 11.4 Å². The number of nitrogens with zero attached hydrogens (tertiary/aromatic N) is 1. The lowest BCUT2D eigenvalue weighted by Crippen LogP contribution is -2.42. The van der Waals surface area contributed by atoms with E-state index in [9.17, 15) is 18.0 Å². The second-order valence-corrected chi connectivity index (χ2v) is 5.94. The smallest absolute Gasteiger partial charge is 0.331 e. The van der Waals surface area contributed by atoms with E-state index in [0.29, 0.717) is 26.3 Å². The standard InChI is InChI=1S/C11H17NO7S/c1-17-10(13)2-3-11(14)19-8-9-20(15,16)12-4-6-18-7-5-12/h2-3H,4-9H2,1H3/b3-2+. The van der Waals surface area contributed by atoms with Crippen molar-refractivity contribution in [2.24, 2.45) is 0 Å². The Hall–Kier alpha value is -1.45. The molecule has 8 nitrogen and oxygen atoms in total. The van der Waals surface area contributed by atoms with Gasteiger partial charge in [-0.25, -0.2) is 18.0 Å². The third-order valence-corrected chi connectivity index (χ3v) is 4.34. The van der Waals surface area contributed by atoms with Gasteiger partial charge in [-0.1, -0.05) is 0 Å². The molecule has 0 N–H and O–H groups in total. The molecule has 20 heavy (non-hydrogen) atoms. The molecule has 0 bridgehead atoms. The molecule has 1 aliphatic rings. The van der Waals surface area contributed by atoms with Gasteiger partial charge in [-0.2, -0.15) is 4.31 Å². The molecular formula is C11H17NO7S. The fraction of sp³-hybridized carbons (Fsp3) is 0.636. The number of ether oxygens (including phenoxy) is 3. The first-order chi connectivity index (χ1) is 9.45. The van der Waals surface area contributed by atoms with Crippen molar-refractivity contribution >= 4 is 22.0 Å². The van der Waals surface area contributed by atoms with Gasteiger partial charge in [0.15, 0.2) is 0 Å². The SMILES string of the molecule is COC(=O)/C=C/C(=O)OCCS(=O)(=O)N1CCOCC1. The van der Waals surface area contributed by atoms with Crippen LogP contribution in [-0.4, -0.2) is 70.4 Å². The Kier molecular flexibility index (Phi) is 6.62. The Balaban J connectivity index is 2.34. The molecule has 0 amide bonds. The summed E-state index contributed by atoms with van der Waals surface area (Å²) in [5.74, 6) is -1.79. The van der Waals surface area contributed by atoms with E-state index in [4.69, 9.17) is 9.47 Å². The fourth-order valence-electron chi connectivity index (χ4n) is 1.45. The first-order valence-corrected chi connectivity index (χ1v) is 7.55. The summed E-state index contributed by atoms with van der Waals surface area (Å²) < 4.78 is 39.1. The molecule has 1 rings (SSSR count). The average Bonchev–Trinajstić information content (AvgIpc) is 2.45. The molecule has 0 aromatic rings. The maximum Gasteiger partial charge on any atom is 0.331 e. The van der Waals surface area contributed by atoms with Gasteiger partial charge in [0, 0.05) is 25.2 Å². The molecule has 9 heteroatoms. The number of morpholine rings is 1. The number of hydrogen-bond acceptors (Lipinski definition) is 7. The Morgan fingerprint density at radius 1 is 1.20 bits per heavy atom. The highest BCUT2D eigenvalue weighted by Gasteiger charge is 2.24. The molecule has 1 aliphatic heterocycles. The Labute approximate surface area is 117 Å². The van der Waals surface area contributed by atoms with Crippen LogP contribution in [0.25, 0.3) is 0 Å². The van der Waals surface area contributed by atoms with E-state index >= 15 is 0 Å². The van der Waals surface area contributed by atoms with E-state index in [1.54, 1.807) is 0 Å². The molecule has 0 aliphatic carbocycles. The number of methoxy groups -OCH3 is 1. The molecule has 1 saturated heterocycles. The van der Waals surface area contributed by atoms with Gasteiger partial charge >= 0.3 is 11.9 Å². The molecule has 0 spiro atoms. The third-order valence-electron chi connectivity index (χ3n) is 2.51. The summed E-state index contributed by atoms with van der Waals surface area (Å²) in [6.45, 7) is 1.06. The predicted molar refractivity (Wildman–Crippen MR) is 68.3 cm³/mol. The van der Waals surface area contributed by atoms with Crippen molar-refractivity contribution in [2.75, 3.05) is 45.8 Å². The van der Waals surface area contributed by atoms with E-state index in [-0.39, 0.29) is 12.4 Å². The van der Waals surface area contributed by atoms with Crippen molar-refractivity contribution in [1.29, 1.82) is 0 Å². The van der Waals surface area contributed by atoms with Crippen molar-refractivity contribution in [2.45, 2.75) is 0 Å². The normalized spacial score (nSPS) is 17.1. The number of carbonyl (C=O) groups is 2. The lowest BCUT2D eigenvalue weighted by Gasteiger charge is -2.25. The molecule has 0 aromatic carbocycles. The van der Waals surface area contributed by atoms with Crippen molar-refractivity contribution in [3.63, 3.8) is 0 Å². The van der Waals surface area contributed by atoms with Gasteiger partial charge in [0.25, 0.3) is 0 Å². The second-order valence-electron chi connectivity index (χ2n) is 3.85. The highest BCUT2D eigenvalue weighted by molar-refractivity contribution is 7.89. The van der Waals surface area contributed by atoms with Gasteiger partial charge in [-0.05, 0) is 0 Å². The zero-order valence-corrected chi connectivity index (χ0v) is 11.9. The summed E-state index contributed by atoms with van der Waals surface area (Å²) >= 11 is 0. The van der Waals surface area contributed by atoms with Crippen LogP contribution in [0.15, 0.2) is 12.2 Å². The van der Waals surface area contributed by atoms with Crippen LogP contribution in [-0.2, 0) is 33.8 Å². The highest BCUT2D eigenvalue weighted by Crippen LogP contribution is 2.05. The second kappa shape index (κ2) is 7.98. The molecule has 0 aromatic heterocycles. The van der Waals surface area contributed by atoms with E-state index < -0.39 is 22.0 Å². The average molecular weight is 307 g/mol. The molecule has 114 valence electrons. The molecular weight excluding hydrogens is 290 g/mol. The lowest BCUT2D eigenvalue weighted by molar-refractivity contribution is -0.138. The zero-order chi connectivity index (χ0) is 15.0. The maximum absolute atomic E-state index is 11.9. The zero-order valence-electron chi connectivity index (χ0n) is 11.1. The van der Waals surface area contributed by atoms with Crippen LogP contribution in [0.3, 0.4) is 0 Å². The van der Waals surface area contributed by atoms with Crippen LogP contribution in [0.1, 0.15) is 0 Å². The Morgan fingerprint density at radius 3 is 2.40 bits per heavy atom. The minimum atomic E-state index is -3.45. The monoisotopic (exact) mass is 307 g/mol. The fourth-order valence-corrected chi connectivity index (χ4v) is 2.71. The quantitative estimate of drug-likeness (QED) is 0.454. The molecule has 1 heterocycles. The van der Waals surface area contributed by atoms with Crippen LogP contribution in [0.4, 0.5) is 0 Å². The van der Waals surface area contributed by atoms with Crippen LogP contribution in [0.2, 0.25) is 0 Å². The van der Waals surface area contributed by atoms with Gasteiger partial charge < -0.3 is 14.2 Å². The maximum atomic E-state index is 11.9. The van der Waals surface area contributed by atoms with Gasteiger partial charge in [0.05, 0.1) is 26.1 Å². The largest absolute Gasteiger partial charge is 0.466 e. The summed E-state index contributed by atoms with van der Waals surface area (Å²) in [7, 11) is -2.28. The van der Waals surface area contributed by atoms with E-state index in [2.05, 4.69) is 4.74 Å². The highest BCUT2D eigenvalue weighted by atomic mass is 32.2. The number of esters is 2.